The van der Waals surface area contributed by atoms with Gasteiger partial charge in [-0.2, -0.15) is 5.10 Å². The smallest absolute Gasteiger partial charge is 0.187 e. The number of morpholine rings is 1. The average molecular weight is 422 g/mol. The molecule has 0 saturated carbocycles. The second-order valence-corrected chi connectivity index (χ2v) is 8.25. The van der Waals surface area contributed by atoms with Gasteiger partial charge in [0.2, 0.25) is 0 Å². The summed E-state index contributed by atoms with van der Waals surface area (Å²) in [6.45, 7) is 11.2. The van der Waals surface area contributed by atoms with Crippen LogP contribution in [0.4, 0.5) is 0 Å². The van der Waals surface area contributed by atoms with Gasteiger partial charge in [0, 0.05) is 18.4 Å². The lowest BCUT2D eigenvalue weighted by Crippen LogP contribution is -3.14. The van der Waals surface area contributed by atoms with Crippen LogP contribution in [0.2, 0.25) is 0 Å². The maximum Gasteiger partial charge on any atom is 0.187 e. The normalized spacial score (nSPS) is 18.6. The van der Waals surface area contributed by atoms with Crippen LogP contribution in [-0.4, -0.2) is 70.4 Å². The van der Waals surface area contributed by atoms with E-state index in [2.05, 4.69) is 28.0 Å². The molecule has 4 N–H and O–H groups in total. The van der Waals surface area contributed by atoms with E-state index in [1.807, 2.05) is 13.0 Å². The summed E-state index contributed by atoms with van der Waals surface area (Å²) in [5.41, 5.74) is 6.22. The Labute approximate surface area is 179 Å². The Kier molecular flexibility index (Phi) is 8.67. The molecule has 1 aromatic rings. The molecule has 0 amide bonds. The van der Waals surface area contributed by atoms with Crippen molar-refractivity contribution in [2.24, 2.45) is 5.10 Å². The number of hydrogen-bond acceptors (Lipinski definition) is 4. The number of nitrogens with zero attached hydrogens (tertiary/aromatic N) is 1. The van der Waals surface area contributed by atoms with Crippen LogP contribution in [0, 0.1) is 0 Å². The van der Waals surface area contributed by atoms with Crippen LogP contribution in [0.5, 0.6) is 5.75 Å². The number of benzene rings is 1. The van der Waals surface area contributed by atoms with Gasteiger partial charge >= 0.3 is 0 Å². The first-order valence-electron chi connectivity index (χ1n) is 10.7. The summed E-state index contributed by atoms with van der Waals surface area (Å²) < 4.78 is 11.0. The van der Waals surface area contributed by atoms with Crippen LogP contribution in [0.3, 0.4) is 0 Å². The molecule has 0 bridgehead atoms. The van der Waals surface area contributed by atoms with Crippen molar-refractivity contribution in [3.8, 4) is 5.75 Å². The molecule has 0 aliphatic carbocycles. The van der Waals surface area contributed by atoms with Gasteiger partial charge in [-0.3, -0.25) is 5.43 Å². The topological polar surface area (TPSA) is 63.8 Å². The maximum absolute atomic E-state index is 5.57. The quantitative estimate of drug-likeness (QED) is 0.246. The Morgan fingerprint density at radius 3 is 2.66 bits per heavy atom. The van der Waals surface area contributed by atoms with Crippen molar-refractivity contribution in [2.75, 3.05) is 59.6 Å². The predicted octanol–water partition coefficient (Wildman–Crippen LogP) is -1.02. The molecule has 8 heteroatoms. The molecule has 3 rings (SSSR count). The Bertz CT molecular complexity index is 700. The molecule has 29 heavy (non-hydrogen) atoms. The molecule has 0 aromatic heterocycles. The first-order valence-corrected chi connectivity index (χ1v) is 11.1. The molecule has 160 valence electrons. The second-order valence-electron chi connectivity index (χ2n) is 7.84. The van der Waals surface area contributed by atoms with Crippen molar-refractivity contribution in [1.82, 2.24) is 10.7 Å². The van der Waals surface area contributed by atoms with Crippen molar-refractivity contribution >= 4 is 23.0 Å². The molecule has 2 saturated heterocycles. The van der Waals surface area contributed by atoms with Crippen molar-refractivity contribution in [2.45, 2.75) is 26.3 Å². The van der Waals surface area contributed by atoms with Gasteiger partial charge in [0.15, 0.2) is 5.11 Å². The van der Waals surface area contributed by atoms with Gasteiger partial charge in [-0.05, 0) is 42.9 Å². The Morgan fingerprint density at radius 1 is 1.17 bits per heavy atom. The summed E-state index contributed by atoms with van der Waals surface area (Å²) in [4.78, 5) is 3.18. The van der Waals surface area contributed by atoms with E-state index in [-0.39, 0.29) is 0 Å². The molecule has 7 nitrogen and oxygen atoms in total. The monoisotopic (exact) mass is 421 g/mol. The van der Waals surface area contributed by atoms with E-state index >= 15 is 0 Å². The number of hydrogen-bond donors (Lipinski definition) is 4. The predicted molar refractivity (Wildman–Crippen MR) is 119 cm³/mol. The minimum absolute atomic E-state index is 0.562. The van der Waals surface area contributed by atoms with Gasteiger partial charge in [0.1, 0.15) is 25.4 Å². The number of quaternary nitrogens is 2. The molecule has 2 fully saturated rings. The molecular formula is C21H35N5O2S+2. The van der Waals surface area contributed by atoms with Crippen LogP contribution >= 0.6 is 12.2 Å². The van der Waals surface area contributed by atoms with E-state index in [1.165, 1.54) is 31.5 Å². The Morgan fingerprint density at radius 2 is 1.93 bits per heavy atom. The summed E-state index contributed by atoms with van der Waals surface area (Å²) in [6.07, 6.45) is 2.64. The third-order valence-electron chi connectivity index (χ3n) is 5.74. The van der Waals surface area contributed by atoms with Gasteiger partial charge in [0.25, 0.3) is 0 Å². The Balaban J connectivity index is 1.50. The summed E-state index contributed by atoms with van der Waals surface area (Å²) in [7, 11) is 1.74. The largest absolute Gasteiger partial charge is 0.496 e. The number of nitrogens with one attached hydrogen (secondary N) is 4. The second kappa shape index (κ2) is 11.4. The molecule has 1 aromatic carbocycles. The molecule has 0 unspecified atom stereocenters. The van der Waals surface area contributed by atoms with Crippen LogP contribution in [0.15, 0.2) is 23.3 Å². The number of hydrazone groups is 1. The van der Waals surface area contributed by atoms with Gasteiger partial charge in [-0.25, -0.2) is 0 Å². The zero-order chi connectivity index (χ0) is 20.5. The fraction of sp³-hybridized carbons (Fsp3) is 0.619. The molecular weight excluding hydrogens is 386 g/mol. The number of rotatable bonds is 8. The SMILES string of the molecule is COc1ccc(/C(C)=N\NC(=S)NCC[NH+]2CCOCC2)cc1C[NH+]1CCCC1. The third-order valence-corrected chi connectivity index (χ3v) is 5.97. The molecule has 2 aliphatic heterocycles. The number of likely N-dealkylation sites (tertiary alicyclic amines) is 1. The van der Waals surface area contributed by atoms with Gasteiger partial charge in [-0.1, -0.05) is 0 Å². The van der Waals surface area contributed by atoms with Crippen LogP contribution in [0.1, 0.15) is 30.9 Å². The summed E-state index contributed by atoms with van der Waals surface area (Å²) in [5.74, 6) is 0.955. The van der Waals surface area contributed by atoms with Gasteiger partial charge in [0.05, 0.1) is 52.2 Å². The standard InChI is InChI=1S/C21H33N5O2S/c1-17(23-24-21(29)22-7-10-25-11-13-28-14-12-25)18-5-6-20(27-2)19(15-18)16-26-8-3-4-9-26/h5-6,15H,3-4,7-14,16H2,1-2H3,(H2,22,24,29)/p+2/b23-17-. The number of thiocarbonyl (C=S) groups is 1. The van der Waals surface area contributed by atoms with E-state index in [0.29, 0.717) is 5.11 Å². The maximum atomic E-state index is 5.57. The van der Waals surface area contributed by atoms with Gasteiger partial charge < -0.3 is 24.6 Å². The lowest BCUT2D eigenvalue weighted by Gasteiger charge is -2.23. The number of methoxy groups -OCH3 is 1. The lowest BCUT2D eigenvalue weighted by atomic mass is 10.1. The minimum Gasteiger partial charge on any atom is -0.496 e. The highest BCUT2D eigenvalue weighted by molar-refractivity contribution is 7.80. The van der Waals surface area contributed by atoms with E-state index in [0.717, 1.165) is 63.0 Å². The van der Waals surface area contributed by atoms with E-state index < -0.39 is 0 Å². The fourth-order valence-electron chi connectivity index (χ4n) is 3.96. The van der Waals surface area contributed by atoms with E-state index in [1.54, 1.807) is 16.9 Å². The summed E-state index contributed by atoms with van der Waals surface area (Å²) in [6, 6.07) is 6.30. The van der Waals surface area contributed by atoms with Crippen LogP contribution in [0.25, 0.3) is 0 Å². The zero-order valence-corrected chi connectivity index (χ0v) is 18.5. The van der Waals surface area contributed by atoms with Crippen LogP contribution in [-0.2, 0) is 11.3 Å². The molecule has 2 aliphatic rings. The van der Waals surface area contributed by atoms with Crippen molar-refractivity contribution in [3.05, 3.63) is 29.3 Å². The fourth-order valence-corrected chi connectivity index (χ4v) is 4.11. The highest BCUT2D eigenvalue weighted by Crippen LogP contribution is 2.20. The Hall–Kier alpha value is -1.74. The molecule has 0 radical (unpaired) electrons. The lowest BCUT2D eigenvalue weighted by molar-refractivity contribution is -0.906. The van der Waals surface area contributed by atoms with E-state index in [4.69, 9.17) is 21.7 Å². The van der Waals surface area contributed by atoms with Crippen molar-refractivity contribution < 1.29 is 19.3 Å². The minimum atomic E-state index is 0.562. The first-order chi connectivity index (χ1) is 14.2. The van der Waals surface area contributed by atoms with E-state index in [9.17, 15) is 0 Å². The summed E-state index contributed by atoms with van der Waals surface area (Å²) in [5, 5.41) is 8.28. The number of ether oxygens (including phenoxy) is 2. The molecule has 0 atom stereocenters. The zero-order valence-electron chi connectivity index (χ0n) is 17.7. The van der Waals surface area contributed by atoms with Crippen molar-refractivity contribution in [3.63, 3.8) is 0 Å². The summed E-state index contributed by atoms with van der Waals surface area (Å²) >= 11 is 5.36. The molecule has 2 heterocycles. The van der Waals surface area contributed by atoms with Crippen LogP contribution < -0.4 is 25.3 Å². The third kappa shape index (κ3) is 6.92. The highest BCUT2D eigenvalue weighted by atomic mass is 32.1. The first kappa shape index (κ1) is 22.0. The molecule has 0 spiro atoms. The highest BCUT2D eigenvalue weighted by Gasteiger charge is 2.18. The van der Waals surface area contributed by atoms with Gasteiger partial charge in [-0.15, -0.1) is 0 Å². The van der Waals surface area contributed by atoms with Crippen molar-refractivity contribution in [1.29, 1.82) is 0 Å². The average Bonchev–Trinajstić information content (AvgIpc) is 3.26.